The quantitative estimate of drug-likeness (QED) is 0.733. The number of carbonyl (C=O) groups is 1. The lowest BCUT2D eigenvalue weighted by molar-refractivity contribution is 0.111. The molecule has 0 unspecified atom stereocenters. The van der Waals surface area contributed by atoms with Crippen molar-refractivity contribution >= 4 is 18.4 Å². The molecule has 1 heterocycles. The first kappa shape index (κ1) is 16.8. The minimum atomic E-state index is 0. The second-order valence-corrected chi connectivity index (χ2v) is 2.83. The number of aromatic amines is 1. The molecule has 16 heavy (non-hydrogen) atoms. The molecule has 0 saturated heterocycles. The summed E-state index contributed by atoms with van der Waals surface area (Å²) in [6.07, 6.45) is 5.35. The highest BCUT2D eigenvalue weighted by atomic mass is 16.1. The van der Waals surface area contributed by atoms with Gasteiger partial charge in [0.25, 0.3) is 0 Å². The lowest BCUT2D eigenvalue weighted by Crippen LogP contribution is -1.77. The van der Waals surface area contributed by atoms with E-state index in [4.69, 9.17) is 0 Å². The van der Waals surface area contributed by atoms with Gasteiger partial charge < -0.3 is 4.98 Å². The van der Waals surface area contributed by atoms with Crippen molar-refractivity contribution in [3.8, 4) is 0 Å². The summed E-state index contributed by atoms with van der Waals surface area (Å²) in [4.78, 5) is 13.2. The molecule has 0 saturated carbocycles. The Kier molecular flexibility index (Phi) is 12.1. The van der Waals surface area contributed by atoms with Crippen molar-refractivity contribution in [1.82, 2.24) is 4.98 Å². The van der Waals surface area contributed by atoms with Crippen molar-refractivity contribution in [2.24, 2.45) is 0 Å². The van der Waals surface area contributed by atoms with Crippen molar-refractivity contribution < 1.29 is 6.22 Å². The Morgan fingerprint density at radius 1 is 1.31 bits per heavy atom. The van der Waals surface area contributed by atoms with Crippen LogP contribution in [0, 0.1) is 0 Å². The van der Waals surface area contributed by atoms with Gasteiger partial charge in [0, 0.05) is 7.12 Å². The molecule has 92 valence electrons. The Bertz CT molecular complexity index is 291. The fourth-order valence-corrected chi connectivity index (χ4v) is 0.910. The Morgan fingerprint density at radius 3 is 2.06 bits per heavy atom. The SMILES string of the molecule is C=Cc1cc(C=O)[nH]c1C=C.CC.CCC.[HH]. The van der Waals surface area contributed by atoms with E-state index in [1.54, 1.807) is 18.2 Å². The summed E-state index contributed by atoms with van der Waals surface area (Å²) in [6.45, 7) is 15.4. The molecule has 1 rings (SSSR count). The summed E-state index contributed by atoms with van der Waals surface area (Å²) in [5.74, 6) is 0. The summed E-state index contributed by atoms with van der Waals surface area (Å²) in [5, 5.41) is 0. The van der Waals surface area contributed by atoms with Crippen LogP contribution in [0.2, 0.25) is 0 Å². The number of aromatic nitrogens is 1. The van der Waals surface area contributed by atoms with Gasteiger partial charge in [0.05, 0.1) is 5.69 Å². The van der Waals surface area contributed by atoms with E-state index in [1.807, 2.05) is 13.8 Å². The summed E-state index contributed by atoms with van der Waals surface area (Å²) in [5.41, 5.74) is 2.29. The van der Waals surface area contributed by atoms with Gasteiger partial charge in [-0.25, -0.2) is 0 Å². The molecular formula is C14H25NO. The predicted octanol–water partition coefficient (Wildman–Crippen LogP) is 4.80. The standard InChI is InChI=1S/C9H9NO.C3H8.C2H6.H2/c1-3-7-5-8(6-11)10-9(7)4-2;1-3-2;1-2;/h3-6,10H,1-2H2;3H2,1-2H3;1-2H3;1H. The first-order valence-electron chi connectivity index (χ1n) is 5.66. The average molecular weight is 223 g/mol. The molecule has 0 bridgehead atoms. The molecule has 0 amide bonds. The normalized spacial score (nSPS) is 7.75. The van der Waals surface area contributed by atoms with E-state index in [0.717, 1.165) is 17.5 Å². The summed E-state index contributed by atoms with van der Waals surface area (Å²) >= 11 is 0. The van der Waals surface area contributed by atoms with Gasteiger partial charge in [-0.05, 0) is 17.7 Å². The molecule has 0 atom stereocenters. The van der Waals surface area contributed by atoms with Crippen LogP contribution in [0.1, 0.15) is 57.3 Å². The third-order valence-corrected chi connectivity index (χ3v) is 1.45. The molecule has 1 aromatic heterocycles. The topological polar surface area (TPSA) is 32.9 Å². The van der Waals surface area contributed by atoms with E-state index < -0.39 is 0 Å². The van der Waals surface area contributed by atoms with Crippen LogP contribution in [-0.2, 0) is 0 Å². The van der Waals surface area contributed by atoms with Gasteiger partial charge in [-0.2, -0.15) is 0 Å². The van der Waals surface area contributed by atoms with E-state index in [-0.39, 0.29) is 1.43 Å². The molecule has 2 heteroatoms. The zero-order valence-corrected chi connectivity index (χ0v) is 10.8. The maximum atomic E-state index is 10.3. The van der Waals surface area contributed by atoms with Crippen molar-refractivity contribution in [2.75, 3.05) is 0 Å². The van der Waals surface area contributed by atoms with Crippen LogP contribution in [-0.4, -0.2) is 11.3 Å². The van der Waals surface area contributed by atoms with Crippen molar-refractivity contribution in [3.63, 3.8) is 0 Å². The maximum Gasteiger partial charge on any atom is 0.166 e. The van der Waals surface area contributed by atoms with Crippen LogP contribution in [0.25, 0.3) is 12.2 Å². The highest BCUT2D eigenvalue weighted by molar-refractivity contribution is 5.77. The summed E-state index contributed by atoms with van der Waals surface area (Å²) in [7, 11) is 0. The zero-order valence-electron chi connectivity index (χ0n) is 10.8. The molecule has 0 aliphatic rings. The number of H-pyrrole nitrogens is 1. The van der Waals surface area contributed by atoms with Gasteiger partial charge in [0.2, 0.25) is 0 Å². The lowest BCUT2D eigenvalue weighted by Gasteiger charge is -1.86. The van der Waals surface area contributed by atoms with Gasteiger partial charge in [-0.1, -0.05) is 53.3 Å². The monoisotopic (exact) mass is 223 g/mol. The van der Waals surface area contributed by atoms with Crippen molar-refractivity contribution in [1.29, 1.82) is 0 Å². The molecule has 1 aromatic rings. The Labute approximate surface area is 101 Å². The Hall–Kier alpha value is -1.57. The molecule has 0 fully saturated rings. The Balaban J connectivity index is -0.000000286. The first-order chi connectivity index (χ1) is 7.73. The average Bonchev–Trinajstić information content (AvgIpc) is 2.75. The summed E-state index contributed by atoms with van der Waals surface area (Å²) in [6, 6.07) is 1.73. The predicted molar refractivity (Wildman–Crippen MR) is 75.8 cm³/mol. The van der Waals surface area contributed by atoms with E-state index in [2.05, 4.69) is 32.0 Å². The lowest BCUT2D eigenvalue weighted by atomic mass is 10.2. The zero-order chi connectivity index (χ0) is 13.0. The molecule has 0 spiro atoms. The number of nitrogens with one attached hydrogen (secondary N) is 1. The van der Waals surface area contributed by atoms with Crippen LogP contribution < -0.4 is 0 Å². The fourth-order valence-electron chi connectivity index (χ4n) is 0.910. The van der Waals surface area contributed by atoms with Gasteiger partial charge in [0.15, 0.2) is 6.29 Å². The van der Waals surface area contributed by atoms with Crippen LogP contribution in [0.5, 0.6) is 0 Å². The third-order valence-electron chi connectivity index (χ3n) is 1.45. The highest BCUT2D eigenvalue weighted by Gasteiger charge is 1.99. The van der Waals surface area contributed by atoms with Crippen LogP contribution >= 0.6 is 0 Å². The smallest absolute Gasteiger partial charge is 0.166 e. The van der Waals surface area contributed by atoms with E-state index in [9.17, 15) is 4.79 Å². The molecule has 0 aromatic carbocycles. The van der Waals surface area contributed by atoms with Crippen LogP contribution in [0.3, 0.4) is 0 Å². The minimum Gasteiger partial charge on any atom is -0.352 e. The number of carbonyl (C=O) groups excluding carboxylic acids is 1. The summed E-state index contributed by atoms with van der Waals surface area (Å²) < 4.78 is 0. The molecule has 2 nitrogen and oxygen atoms in total. The van der Waals surface area contributed by atoms with Gasteiger partial charge in [0.1, 0.15) is 0 Å². The van der Waals surface area contributed by atoms with Gasteiger partial charge >= 0.3 is 0 Å². The molecule has 0 aliphatic carbocycles. The maximum absolute atomic E-state index is 10.3. The highest BCUT2D eigenvalue weighted by Crippen LogP contribution is 2.11. The molecular weight excluding hydrogens is 198 g/mol. The second-order valence-electron chi connectivity index (χ2n) is 2.83. The molecule has 0 aliphatic heterocycles. The number of hydrogen-bond acceptors (Lipinski definition) is 1. The van der Waals surface area contributed by atoms with Crippen molar-refractivity contribution in [3.05, 3.63) is 36.2 Å². The number of hydrogen-bond donors (Lipinski definition) is 1. The van der Waals surface area contributed by atoms with Gasteiger partial charge in [-0.3, -0.25) is 4.79 Å². The Morgan fingerprint density at radius 2 is 1.81 bits per heavy atom. The first-order valence-corrected chi connectivity index (χ1v) is 5.66. The molecule has 1 N–H and O–H groups in total. The third kappa shape index (κ3) is 6.02. The largest absolute Gasteiger partial charge is 0.352 e. The second kappa shape index (κ2) is 11.5. The van der Waals surface area contributed by atoms with E-state index in [1.165, 1.54) is 6.42 Å². The molecule has 0 radical (unpaired) electrons. The van der Waals surface area contributed by atoms with Crippen molar-refractivity contribution in [2.45, 2.75) is 34.1 Å². The van der Waals surface area contributed by atoms with Crippen LogP contribution in [0.4, 0.5) is 0 Å². The number of aldehydes is 1. The van der Waals surface area contributed by atoms with E-state index >= 15 is 0 Å². The number of rotatable bonds is 3. The van der Waals surface area contributed by atoms with Gasteiger partial charge in [-0.15, -0.1) is 0 Å². The fraction of sp³-hybridized carbons (Fsp3) is 0.357. The van der Waals surface area contributed by atoms with E-state index in [0.29, 0.717) is 5.69 Å². The van der Waals surface area contributed by atoms with Crippen LogP contribution in [0.15, 0.2) is 19.2 Å². The minimum absolute atomic E-state index is 0.